The second kappa shape index (κ2) is 8.72. The number of hydrogen-bond acceptors (Lipinski definition) is 5. The first-order valence-electron chi connectivity index (χ1n) is 7.56. The van der Waals surface area contributed by atoms with E-state index in [2.05, 4.69) is 20.3 Å². The molecule has 0 unspecified atom stereocenters. The van der Waals surface area contributed by atoms with Crippen LogP contribution in [0.15, 0.2) is 41.6 Å². The molecule has 1 N–H and O–H groups in total. The third-order valence-electron chi connectivity index (χ3n) is 3.39. The first-order valence-corrected chi connectivity index (χ1v) is 7.93. The van der Waals surface area contributed by atoms with Crippen LogP contribution in [0.2, 0.25) is 5.15 Å². The van der Waals surface area contributed by atoms with Gasteiger partial charge in [-0.05, 0) is 17.7 Å². The molecule has 144 valence electrons. The fourth-order valence-electron chi connectivity index (χ4n) is 2.19. The van der Waals surface area contributed by atoms with Crippen LogP contribution in [-0.4, -0.2) is 30.8 Å². The molecule has 2 rings (SSSR count). The number of ether oxygens (including phenoxy) is 1. The van der Waals surface area contributed by atoms with Crippen LogP contribution in [-0.2, 0) is 22.4 Å². The smallest absolute Gasteiger partial charge is 0.421 e. The first kappa shape index (κ1) is 20.5. The highest BCUT2D eigenvalue weighted by molar-refractivity contribution is 6.45. The van der Waals surface area contributed by atoms with Gasteiger partial charge in [0.05, 0.1) is 0 Å². The van der Waals surface area contributed by atoms with Crippen LogP contribution in [0, 0.1) is 0 Å². The quantitative estimate of drug-likeness (QED) is 0.457. The van der Waals surface area contributed by atoms with Gasteiger partial charge in [0.1, 0.15) is 24.4 Å². The molecule has 6 nitrogen and oxygen atoms in total. The number of hydrogen-bond donors (Lipinski definition) is 1. The normalized spacial score (nSPS) is 11.9. The van der Waals surface area contributed by atoms with E-state index in [1.54, 1.807) is 24.3 Å². The highest BCUT2D eigenvalue weighted by atomic mass is 35.5. The lowest BCUT2D eigenvalue weighted by Crippen LogP contribution is -2.29. The van der Waals surface area contributed by atoms with E-state index in [0.29, 0.717) is 11.1 Å². The molecular weight excluding hydrogens is 387 g/mol. The number of aromatic nitrogens is 1. The van der Waals surface area contributed by atoms with E-state index in [-0.39, 0.29) is 17.5 Å². The van der Waals surface area contributed by atoms with Gasteiger partial charge in [0, 0.05) is 12.6 Å². The molecule has 1 aromatic heterocycles. The number of benzene rings is 1. The van der Waals surface area contributed by atoms with Crippen LogP contribution in [0.1, 0.15) is 16.7 Å². The lowest BCUT2D eigenvalue weighted by molar-refractivity contribution is -0.139. The van der Waals surface area contributed by atoms with Crippen molar-refractivity contribution < 1.29 is 27.5 Å². The van der Waals surface area contributed by atoms with Gasteiger partial charge in [-0.25, -0.2) is 4.98 Å². The summed E-state index contributed by atoms with van der Waals surface area (Å²) >= 11 is 5.68. The second-order valence-corrected chi connectivity index (χ2v) is 5.52. The predicted octanol–water partition coefficient (Wildman–Crippen LogP) is 3.43. The molecule has 10 heteroatoms. The van der Waals surface area contributed by atoms with E-state index < -0.39 is 23.5 Å². The standard InChI is InChI=1S/C17H15ClF3N3O3/c1-22-15(25)14(24-26-2)11-6-4-3-5-10(11)9-27-16-12(17(19,20)21)7-8-13(18)23-16/h3-8H,9H2,1-2H3,(H,22,25)/b24-14+. The summed E-state index contributed by atoms with van der Waals surface area (Å²) in [6.07, 6.45) is -4.66. The number of alkyl halides is 3. The Bertz CT molecular complexity index is 857. The van der Waals surface area contributed by atoms with E-state index in [0.717, 1.165) is 12.1 Å². The van der Waals surface area contributed by atoms with Crippen LogP contribution in [0.25, 0.3) is 0 Å². The molecule has 0 atom stereocenters. The molecule has 0 aliphatic carbocycles. The number of carbonyl (C=O) groups is 1. The highest BCUT2D eigenvalue weighted by Gasteiger charge is 2.35. The van der Waals surface area contributed by atoms with Crippen LogP contribution in [0.3, 0.4) is 0 Å². The Morgan fingerprint density at radius 2 is 1.96 bits per heavy atom. The fraction of sp³-hybridized carbons (Fsp3) is 0.235. The van der Waals surface area contributed by atoms with Crippen molar-refractivity contribution in [3.63, 3.8) is 0 Å². The van der Waals surface area contributed by atoms with Crippen molar-refractivity contribution in [3.8, 4) is 5.88 Å². The topological polar surface area (TPSA) is 72.8 Å². The molecule has 0 fully saturated rings. The lowest BCUT2D eigenvalue weighted by atomic mass is 10.0. The largest absolute Gasteiger partial charge is 0.472 e. The average Bonchev–Trinajstić information content (AvgIpc) is 2.63. The summed E-state index contributed by atoms with van der Waals surface area (Å²) in [5.74, 6) is -1.18. The van der Waals surface area contributed by atoms with Crippen LogP contribution >= 0.6 is 11.6 Å². The number of nitrogens with zero attached hydrogens (tertiary/aromatic N) is 2. The van der Waals surface area contributed by atoms with E-state index in [1.807, 2.05) is 0 Å². The van der Waals surface area contributed by atoms with Gasteiger partial charge in [0.25, 0.3) is 5.91 Å². The molecule has 0 radical (unpaired) electrons. The van der Waals surface area contributed by atoms with Gasteiger partial charge >= 0.3 is 6.18 Å². The maximum Gasteiger partial charge on any atom is 0.421 e. The fourth-order valence-corrected chi connectivity index (χ4v) is 2.33. The number of rotatable bonds is 6. The Morgan fingerprint density at radius 3 is 2.59 bits per heavy atom. The predicted molar refractivity (Wildman–Crippen MR) is 92.6 cm³/mol. The number of halogens is 4. The maximum atomic E-state index is 13.1. The molecule has 1 aromatic carbocycles. The summed E-state index contributed by atoms with van der Waals surface area (Å²) in [6, 6.07) is 8.26. The summed E-state index contributed by atoms with van der Waals surface area (Å²) in [5.41, 5.74) is -0.350. The van der Waals surface area contributed by atoms with Crippen molar-refractivity contribution in [1.82, 2.24) is 10.3 Å². The van der Waals surface area contributed by atoms with Crippen molar-refractivity contribution in [2.45, 2.75) is 12.8 Å². The molecule has 2 aromatic rings. The van der Waals surface area contributed by atoms with E-state index in [4.69, 9.17) is 16.3 Å². The third kappa shape index (κ3) is 5.10. The number of pyridine rings is 1. The molecule has 27 heavy (non-hydrogen) atoms. The van der Waals surface area contributed by atoms with Gasteiger partial charge in [-0.15, -0.1) is 0 Å². The van der Waals surface area contributed by atoms with Crippen molar-refractivity contribution in [3.05, 3.63) is 58.2 Å². The SMILES string of the molecule is CNC(=O)/C(=N/OC)c1ccccc1COc1nc(Cl)ccc1C(F)(F)F. The molecule has 1 heterocycles. The number of likely N-dealkylation sites (N-methyl/N-ethyl adjacent to an activating group) is 1. The monoisotopic (exact) mass is 401 g/mol. The van der Waals surface area contributed by atoms with Gasteiger partial charge in [-0.1, -0.05) is 41.0 Å². The second-order valence-electron chi connectivity index (χ2n) is 5.13. The van der Waals surface area contributed by atoms with Crippen molar-refractivity contribution in [2.75, 3.05) is 14.2 Å². The Kier molecular flexibility index (Phi) is 6.62. The van der Waals surface area contributed by atoms with Crippen LogP contribution < -0.4 is 10.1 Å². The van der Waals surface area contributed by atoms with Gasteiger partial charge < -0.3 is 14.9 Å². The van der Waals surface area contributed by atoms with Gasteiger partial charge in [-0.2, -0.15) is 13.2 Å². The van der Waals surface area contributed by atoms with Gasteiger partial charge in [-0.3, -0.25) is 4.79 Å². The molecule has 0 bridgehead atoms. The molecule has 1 amide bonds. The Labute approximate surface area is 157 Å². The van der Waals surface area contributed by atoms with E-state index in [1.165, 1.54) is 14.2 Å². The Balaban J connectivity index is 2.37. The van der Waals surface area contributed by atoms with Gasteiger partial charge in [0.2, 0.25) is 5.88 Å². The summed E-state index contributed by atoms with van der Waals surface area (Å²) in [7, 11) is 2.69. The van der Waals surface area contributed by atoms with Crippen LogP contribution in [0.4, 0.5) is 13.2 Å². The van der Waals surface area contributed by atoms with Gasteiger partial charge in [0.15, 0.2) is 5.71 Å². The molecule has 0 aliphatic heterocycles. The maximum absolute atomic E-state index is 13.1. The van der Waals surface area contributed by atoms with E-state index in [9.17, 15) is 18.0 Å². The number of nitrogens with one attached hydrogen (secondary N) is 1. The molecule has 0 aliphatic rings. The molecular formula is C17H15ClF3N3O3. The minimum absolute atomic E-state index is 0.0469. The summed E-state index contributed by atoms with van der Waals surface area (Å²) < 4.78 is 44.6. The summed E-state index contributed by atoms with van der Waals surface area (Å²) in [4.78, 5) is 20.3. The molecule has 0 saturated heterocycles. The number of oxime groups is 1. The Morgan fingerprint density at radius 1 is 1.26 bits per heavy atom. The zero-order chi connectivity index (χ0) is 20.0. The lowest BCUT2D eigenvalue weighted by Gasteiger charge is -2.15. The first-order chi connectivity index (χ1) is 12.8. The molecule has 0 saturated carbocycles. The van der Waals surface area contributed by atoms with Crippen molar-refractivity contribution >= 4 is 23.2 Å². The highest BCUT2D eigenvalue weighted by Crippen LogP contribution is 2.36. The average molecular weight is 402 g/mol. The molecule has 0 spiro atoms. The van der Waals surface area contributed by atoms with E-state index >= 15 is 0 Å². The Hall–Kier alpha value is -2.81. The summed E-state index contributed by atoms with van der Waals surface area (Å²) in [5, 5.41) is 5.96. The number of carbonyl (C=O) groups excluding carboxylic acids is 1. The zero-order valence-electron chi connectivity index (χ0n) is 14.3. The third-order valence-corrected chi connectivity index (χ3v) is 3.60. The summed E-state index contributed by atoms with van der Waals surface area (Å²) in [6.45, 7) is -0.299. The number of amides is 1. The zero-order valence-corrected chi connectivity index (χ0v) is 15.1. The minimum atomic E-state index is -4.66. The minimum Gasteiger partial charge on any atom is -0.472 e. The van der Waals surface area contributed by atoms with Crippen molar-refractivity contribution in [2.24, 2.45) is 5.16 Å². The van der Waals surface area contributed by atoms with Crippen molar-refractivity contribution in [1.29, 1.82) is 0 Å². The van der Waals surface area contributed by atoms with Crippen LogP contribution in [0.5, 0.6) is 5.88 Å².